The highest BCUT2D eigenvalue weighted by atomic mass is 14.8. The maximum Gasteiger partial charge on any atom is 0.0665 e. The minimum absolute atomic E-state index is 0.986. The molecule has 0 atom stereocenters. The van der Waals surface area contributed by atoms with Crippen molar-refractivity contribution in [3.8, 4) is 0 Å². The first-order valence-electron chi connectivity index (χ1n) is 16.8. The van der Waals surface area contributed by atoms with Crippen LogP contribution in [0.2, 0.25) is 0 Å². The van der Waals surface area contributed by atoms with Gasteiger partial charge in [0.1, 0.15) is 0 Å². The fraction of sp³-hybridized carbons (Fsp3) is 0.538. The van der Waals surface area contributed by atoms with E-state index in [9.17, 15) is 0 Å². The van der Waals surface area contributed by atoms with Crippen molar-refractivity contribution < 1.29 is 0 Å². The molecular formula is C39H58N2. The van der Waals surface area contributed by atoms with Gasteiger partial charge < -0.3 is 0 Å². The zero-order valence-electron chi connectivity index (χ0n) is 26.8. The van der Waals surface area contributed by atoms with Crippen LogP contribution in [0, 0.1) is 0 Å². The zero-order chi connectivity index (χ0) is 29.4. The molecule has 0 N–H and O–H groups in total. The maximum absolute atomic E-state index is 5.40. The van der Waals surface area contributed by atoms with E-state index in [1.54, 1.807) is 0 Å². The van der Waals surface area contributed by atoms with E-state index in [1.807, 2.05) is 0 Å². The minimum atomic E-state index is 0.986. The van der Waals surface area contributed by atoms with E-state index in [0.717, 1.165) is 82.0 Å². The van der Waals surface area contributed by atoms with Crippen molar-refractivity contribution >= 4 is 22.8 Å². The molecule has 0 radical (unpaired) electrons. The summed E-state index contributed by atoms with van der Waals surface area (Å²) in [6.45, 7) is 9.03. The van der Waals surface area contributed by atoms with Crippen molar-refractivity contribution in [1.82, 2.24) is 0 Å². The lowest BCUT2D eigenvalue weighted by atomic mass is 10.0. The summed E-state index contributed by atoms with van der Waals surface area (Å²) in [5.74, 6) is 0. The van der Waals surface area contributed by atoms with E-state index in [-0.39, 0.29) is 0 Å². The number of nitrogens with zero attached hydrogens (tertiary/aromatic N) is 2. The van der Waals surface area contributed by atoms with Crippen molar-refractivity contribution in [2.75, 3.05) is 0 Å². The second kappa shape index (κ2) is 22.9. The number of hydrogen-bond acceptors (Lipinski definition) is 2. The van der Waals surface area contributed by atoms with Gasteiger partial charge in [0.05, 0.1) is 22.8 Å². The Hall–Kier alpha value is -2.74. The number of allylic oxidation sites excluding steroid dienone is 4. The lowest BCUT2D eigenvalue weighted by Crippen LogP contribution is -2.15. The first-order valence-corrected chi connectivity index (χ1v) is 16.8. The molecule has 0 aromatic heterocycles. The Morgan fingerprint density at radius 1 is 0.488 bits per heavy atom. The van der Waals surface area contributed by atoms with Gasteiger partial charge in [-0.25, -0.2) is 0 Å². The Morgan fingerprint density at radius 3 is 1.39 bits per heavy atom. The Kier molecular flexibility index (Phi) is 19.2. The van der Waals surface area contributed by atoms with Gasteiger partial charge >= 0.3 is 0 Å². The predicted molar refractivity (Wildman–Crippen MR) is 185 cm³/mol. The highest BCUT2D eigenvalue weighted by Crippen LogP contribution is 2.26. The summed E-state index contributed by atoms with van der Waals surface area (Å²) < 4.78 is 0. The molecule has 0 spiro atoms. The largest absolute Gasteiger partial charge is 0.251 e. The van der Waals surface area contributed by atoms with Gasteiger partial charge in [-0.3, -0.25) is 9.98 Å². The first kappa shape index (κ1) is 34.5. The van der Waals surface area contributed by atoms with Gasteiger partial charge in [0, 0.05) is 0 Å². The molecule has 0 heterocycles. The van der Waals surface area contributed by atoms with Crippen LogP contribution in [0.5, 0.6) is 0 Å². The third-order valence-corrected chi connectivity index (χ3v) is 7.49. The number of benzene rings is 2. The number of hydrogen-bond donors (Lipinski definition) is 0. The maximum atomic E-state index is 5.40. The molecule has 0 aliphatic carbocycles. The van der Waals surface area contributed by atoms with Crippen molar-refractivity contribution in [2.24, 2.45) is 9.98 Å². The molecule has 224 valence electrons. The van der Waals surface area contributed by atoms with Crippen LogP contribution in [0.3, 0.4) is 0 Å². The summed E-state index contributed by atoms with van der Waals surface area (Å²) in [5, 5.41) is 0. The average Bonchev–Trinajstić information content (AvgIpc) is 2.99. The van der Waals surface area contributed by atoms with Crippen LogP contribution in [-0.2, 0) is 12.8 Å². The summed E-state index contributed by atoms with van der Waals surface area (Å²) in [6.07, 6.45) is 28.8. The van der Waals surface area contributed by atoms with Gasteiger partial charge in [-0.2, -0.15) is 0 Å². The molecule has 0 aliphatic heterocycles. The van der Waals surface area contributed by atoms with E-state index in [0.29, 0.717) is 0 Å². The number of unbranched alkanes of at least 4 members (excludes halogenated alkanes) is 7. The molecular weight excluding hydrogens is 496 g/mol. The minimum Gasteiger partial charge on any atom is -0.251 e. The lowest BCUT2D eigenvalue weighted by Gasteiger charge is -2.14. The van der Waals surface area contributed by atoms with Crippen LogP contribution in [0.15, 0.2) is 82.8 Å². The van der Waals surface area contributed by atoms with Crippen LogP contribution in [0.1, 0.15) is 135 Å². The number of aryl methyl sites for hydroxylation is 2. The van der Waals surface area contributed by atoms with E-state index in [2.05, 4.69) is 101 Å². The van der Waals surface area contributed by atoms with Crippen molar-refractivity contribution in [3.05, 3.63) is 84.0 Å². The van der Waals surface area contributed by atoms with Crippen molar-refractivity contribution in [1.29, 1.82) is 0 Å². The molecule has 0 amide bonds. The van der Waals surface area contributed by atoms with Crippen LogP contribution in [0.25, 0.3) is 0 Å². The first-order chi connectivity index (χ1) is 20.2. The van der Waals surface area contributed by atoms with Crippen LogP contribution >= 0.6 is 0 Å². The fourth-order valence-corrected chi connectivity index (χ4v) is 4.99. The molecule has 0 aliphatic rings. The molecule has 0 fully saturated rings. The highest BCUT2D eigenvalue weighted by molar-refractivity contribution is 6.43. The molecule has 41 heavy (non-hydrogen) atoms. The Bertz CT molecular complexity index is 1070. The lowest BCUT2D eigenvalue weighted by molar-refractivity contribution is 0.742. The van der Waals surface area contributed by atoms with E-state index < -0.39 is 0 Å². The van der Waals surface area contributed by atoms with Crippen molar-refractivity contribution in [2.45, 2.75) is 137 Å². The van der Waals surface area contributed by atoms with Gasteiger partial charge in [0.2, 0.25) is 0 Å². The number of para-hydroxylation sites is 2. The molecule has 0 saturated carbocycles. The third kappa shape index (κ3) is 14.6. The molecule has 2 aromatic rings. The van der Waals surface area contributed by atoms with E-state index >= 15 is 0 Å². The monoisotopic (exact) mass is 554 g/mol. The summed E-state index contributed by atoms with van der Waals surface area (Å²) in [4.78, 5) is 10.8. The standard InChI is InChI=1S/C39H58N2/c1-5-9-13-15-17-20-26-34-28-22-24-31-36(34)40-38(30-12-8-4)39(33-19-11-7-3)41-37-32-25-23-29-35(37)27-21-18-16-14-10-6-2/h13-16,22-25,28-29,31-32H,5-12,17-21,26-27,30,33H2,1-4H3/b15-13+,16-14+,40-38?,41-39?. The SMILES string of the molecule is CCC/C=C/CCCc1ccccc1N=C(CCCC)C(CCCCC)=Nc1ccccc1CCC/C=C/CCC. The summed E-state index contributed by atoms with van der Waals surface area (Å²) in [6, 6.07) is 17.6. The van der Waals surface area contributed by atoms with Gasteiger partial charge in [0.15, 0.2) is 0 Å². The zero-order valence-corrected chi connectivity index (χ0v) is 26.8. The van der Waals surface area contributed by atoms with Crippen LogP contribution in [-0.4, -0.2) is 11.4 Å². The van der Waals surface area contributed by atoms with Gasteiger partial charge in [-0.05, 0) is 100 Å². The average molecular weight is 555 g/mol. The van der Waals surface area contributed by atoms with E-state index in [4.69, 9.17) is 9.98 Å². The summed E-state index contributed by atoms with van der Waals surface area (Å²) in [5.41, 5.74) is 7.36. The Labute approximate surface area is 253 Å². The molecule has 2 nitrogen and oxygen atoms in total. The second-order valence-electron chi connectivity index (χ2n) is 11.2. The number of rotatable bonds is 22. The smallest absolute Gasteiger partial charge is 0.0665 e. The quantitative estimate of drug-likeness (QED) is 0.0785. The van der Waals surface area contributed by atoms with Gasteiger partial charge in [0.25, 0.3) is 0 Å². The van der Waals surface area contributed by atoms with E-state index in [1.165, 1.54) is 61.1 Å². The normalized spacial score (nSPS) is 12.7. The summed E-state index contributed by atoms with van der Waals surface area (Å²) in [7, 11) is 0. The topological polar surface area (TPSA) is 24.7 Å². The second-order valence-corrected chi connectivity index (χ2v) is 11.2. The Balaban J connectivity index is 2.36. The van der Waals surface area contributed by atoms with Gasteiger partial charge in [-0.1, -0.05) is 121 Å². The molecule has 2 rings (SSSR count). The number of aliphatic imine (C=N–C) groups is 2. The van der Waals surface area contributed by atoms with Crippen LogP contribution < -0.4 is 0 Å². The molecule has 0 bridgehead atoms. The van der Waals surface area contributed by atoms with Crippen LogP contribution in [0.4, 0.5) is 11.4 Å². The molecule has 0 saturated heterocycles. The third-order valence-electron chi connectivity index (χ3n) is 7.49. The summed E-state index contributed by atoms with van der Waals surface area (Å²) >= 11 is 0. The predicted octanol–water partition coefficient (Wildman–Crippen LogP) is 12.7. The van der Waals surface area contributed by atoms with Crippen molar-refractivity contribution in [3.63, 3.8) is 0 Å². The fourth-order valence-electron chi connectivity index (χ4n) is 4.99. The Morgan fingerprint density at radius 2 is 0.927 bits per heavy atom. The molecule has 2 heteroatoms. The molecule has 0 unspecified atom stereocenters. The highest BCUT2D eigenvalue weighted by Gasteiger charge is 2.13. The molecule has 2 aromatic carbocycles. The van der Waals surface area contributed by atoms with Gasteiger partial charge in [-0.15, -0.1) is 0 Å².